The molecule has 3 aromatic rings. The lowest BCUT2D eigenvalue weighted by molar-refractivity contribution is 0.101. The fourth-order valence-electron chi connectivity index (χ4n) is 3.06. The highest BCUT2D eigenvalue weighted by molar-refractivity contribution is 7.22. The van der Waals surface area contributed by atoms with Crippen LogP contribution in [0.2, 0.25) is 0 Å². The van der Waals surface area contributed by atoms with Gasteiger partial charge in [0.1, 0.15) is 0 Å². The molecule has 2 heterocycles. The second-order valence-corrected chi connectivity index (χ2v) is 7.05. The number of benzene rings is 2. The van der Waals surface area contributed by atoms with Gasteiger partial charge >= 0.3 is 0 Å². The third-order valence-electron chi connectivity index (χ3n) is 4.47. The number of carbonyl (C=O) groups excluding carboxylic acids is 1. The lowest BCUT2D eigenvalue weighted by Crippen LogP contribution is -2.46. The summed E-state index contributed by atoms with van der Waals surface area (Å²) in [5, 5.41) is 1.11. The number of anilines is 2. The van der Waals surface area contributed by atoms with Crippen LogP contribution in [0.4, 0.5) is 10.8 Å². The average molecular weight is 337 g/mol. The molecule has 122 valence electrons. The second-order valence-electron chi connectivity index (χ2n) is 6.04. The van der Waals surface area contributed by atoms with E-state index in [1.807, 2.05) is 30.3 Å². The van der Waals surface area contributed by atoms with Gasteiger partial charge in [-0.3, -0.25) is 4.79 Å². The van der Waals surface area contributed by atoms with E-state index in [1.165, 1.54) is 10.4 Å². The van der Waals surface area contributed by atoms with Gasteiger partial charge in [0.25, 0.3) is 0 Å². The van der Waals surface area contributed by atoms with Crippen molar-refractivity contribution in [3.63, 3.8) is 0 Å². The van der Waals surface area contributed by atoms with Crippen molar-refractivity contribution in [2.24, 2.45) is 0 Å². The van der Waals surface area contributed by atoms with Crippen LogP contribution < -0.4 is 9.80 Å². The van der Waals surface area contributed by atoms with Gasteiger partial charge in [-0.05, 0) is 43.3 Å². The van der Waals surface area contributed by atoms with E-state index in [-0.39, 0.29) is 5.78 Å². The van der Waals surface area contributed by atoms with Crippen LogP contribution in [-0.4, -0.2) is 36.9 Å². The first kappa shape index (κ1) is 15.1. The molecule has 0 N–H and O–H groups in total. The zero-order valence-electron chi connectivity index (χ0n) is 13.6. The molecule has 1 aliphatic heterocycles. The Morgan fingerprint density at radius 3 is 2.29 bits per heavy atom. The minimum atomic E-state index is 0.113. The number of piperazine rings is 1. The Morgan fingerprint density at radius 2 is 1.62 bits per heavy atom. The smallest absolute Gasteiger partial charge is 0.186 e. The zero-order chi connectivity index (χ0) is 16.5. The minimum absolute atomic E-state index is 0.113. The first-order valence-corrected chi connectivity index (χ1v) is 8.99. The Bertz CT molecular complexity index is 831. The van der Waals surface area contributed by atoms with Gasteiger partial charge in [-0.2, -0.15) is 0 Å². The summed E-state index contributed by atoms with van der Waals surface area (Å²) in [6, 6.07) is 16.2. The van der Waals surface area contributed by atoms with E-state index in [4.69, 9.17) is 4.98 Å². The van der Waals surface area contributed by atoms with Crippen LogP contribution in [-0.2, 0) is 0 Å². The lowest BCUT2D eigenvalue weighted by atomic mass is 10.1. The number of ketones is 1. The van der Waals surface area contributed by atoms with Crippen LogP contribution in [0, 0.1) is 0 Å². The third-order valence-corrected chi connectivity index (χ3v) is 5.57. The molecular formula is C19H19N3OS. The third kappa shape index (κ3) is 2.87. The van der Waals surface area contributed by atoms with E-state index in [1.54, 1.807) is 18.3 Å². The molecule has 1 saturated heterocycles. The number of thiazole rings is 1. The first-order chi connectivity index (χ1) is 11.7. The summed E-state index contributed by atoms with van der Waals surface area (Å²) in [6.07, 6.45) is 0. The molecule has 0 atom stereocenters. The summed E-state index contributed by atoms with van der Waals surface area (Å²) < 4.78 is 1.25. The largest absolute Gasteiger partial charge is 0.368 e. The molecule has 0 unspecified atom stereocenters. The predicted molar refractivity (Wildman–Crippen MR) is 100 cm³/mol. The lowest BCUT2D eigenvalue weighted by Gasteiger charge is -2.36. The molecule has 1 fully saturated rings. The van der Waals surface area contributed by atoms with Crippen LogP contribution in [0.3, 0.4) is 0 Å². The van der Waals surface area contributed by atoms with Gasteiger partial charge in [-0.15, -0.1) is 0 Å². The van der Waals surface area contributed by atoms with Crippen molar-refractivity contribution < 1.29 is 4.79 Å². The maximum absolute atomic E-state index is 11.4. The number of rotatable bonds is 3. The van der Waals surface area contributed by atoms with Gasteiger partial charge in [0.2, 0.25) is 0 Å². The number of fused-ring (bicyclic) bond motifs is 1. The van der Waals surface area contributed by atoms with Crippen LogP contribution in [0.5, 0.6) is 0 Å². The molecule has 1 aromatic heterocycles. The maximum atomic E-state index is 11.4. The van der Waals surface area contributed by atoms with Gasteiger partial charge < -0.3 is 9.80 Å². The summed E-state index contributed by atoms with van der Waals surface area (Å²) in [6.45, 7) is 5.47. The van der Waals surface area contributed by atoms with E-state index >= 15 is 0 Å². The molecule has 1 aliphatic rings. The van der Waals surface area contributed by atoms with Crippen molar-refractivity contribution in [3.8, 4) is 0 Å². The Labute approximate surface area is 145 Å². The summed E-state index contributed by atoms with van der Waals surface area (Å²) in [5.74, 6) is 0.113. The summed E-state index contributed by atoms with van der Waals surface area (Å²) in [7, 11) is 0. The number of aromatic nitrogens is 1. The van der Waals surface area contributed by atoms with Gasteiger partial charge in [-0.25, -0.2) is 4.98 Å². The molecule has 2 aromatic carbocycles. The number of hydrogen-bond acceptors (Lipinski definition) is 5. The summed E-state index contributed by atoms with van der Waals surface area (Å²) >= 11 is 1.76. The molecule has 0 bridgehead atoms. The number of carbonyl (C=O) groups is 1. The highest BCUT2D eigenvalue weighted by Crippen LogP contribution is 2.29. The van der Waals surface area contributed by atoms with Gasteiger partial charge in [0.05, 0.1) is 10.2 Å². The Kier molecular flexibility index (Phi) is 3.94. The van der Waals surface area contributed by atoms with Crippen LogP contribution in [0.25, 0.3) is 10.2 Å². The number of hydrogen-bond donors (Lipinski definition) is 0. The Hall–Kier alpha value is -2.40. The minimum Gasteiger partial charge on any atom is -0.368 e. The molecule has 0 amide bonds. The topological polar surface area (TPSA) is 36.4 Å². The highest BCUT2D eigenvalue weighted by Gasteiger charge is 2.20. The van der Waals surface area contributed by atoms with Crippen LogP contribution in [0.15, 0.2) is 48.5 Å². The average Bonchev–Trinajstić information content (AvgIpc) is 3.06. The number of nitrogens with zero attached hydrogens (tertiary/aromatic N) is 3. The maximum Gasteiger partial charge on any atom is 0.186 e. The van der Waals surface area contributed by atoms with Gasteiger partial charge in [0.15, 0.2) is 10.9 Å². The monoisotopic (exact) mass is 337 g/mol. The van der Waals surface area contributed by atoms with Gasteiger partial charge in [-0.1, -0.05) is 23.5 Å². The fourth-order valence-corrected chi connectivity index (χ4v) is 4.08. The van der Waals surface area contributed by atoms with E-state index in [0.717, 1.165) is 42.4 Å². The SMILES string of the molecule is CC(=O)c1ccc(N2CCN(c3nc4ccccc4s3)CC2)cc1. The van der Waals surface area contributed by atoms with Crippen molar-refractivity contribution in [2.45, 2.75) is 6.92 Å². The van der Waals surface area contributed by atoms with Crippen LogP contribution in [0.1, 0.15) is 17.3 Å². The van der Waals surface area contributed by atoms with Crippen molar-refractivity contribution >= 4 is 38.2 Å². The summed E-state index contributed by atoms with van der Waals surface area (Å²) in [4.78, 5) is 20.9. The quantitative estimate of drug-likeness (QED) is 0.681. The zero-order valence-corrected chi connectivity index (χ0v) is 14.4. The molecule has 0 aliphatic carbocycles. The second kappa shape index (κ2) is 6.24. The van der Waals surface area contributed by atoms with Crippen molar-refractivity contribution in [1.29, 1.82) is 0 Å². The molecular weight excluding hydrogens is 318 g/mol. The molecule has 5 heteroatoms. The van der Waals surface area contributed by atoms with E-state index in [2.05, 4.69) is 28.0 Å². The normalized spacial score (nSPS) is 15.0. The number of Topliss-reactive ketones (excluding diaryl/α,β-unsaturated/α-hetero) is 1. The predicted octanol–water partition coefficient (Wildman–Crippen LogP) is 3.83. The fraction of sp³-hybridized carbons (Fsp3) is 0.263. The molecule has 24 heavy (non-hydrogen) atoms. The molecule has 4 rings (SSSR count). The van der Waals surface area contributed by atoms with Crippen molar-refractivity contribution in [3.05, 3.63) is 54.1 Å². The van der Waals surface area contributed by atoms with Crippen LogP contribution >= 0.6 is 11.3 Å². The van der Waals surface area contributed by atoms with E-state index < -0.39 is 0 Å². The summed E-state index contributed by atoms with van der Waals surface area (Å²) in [5.41, 5.74) is 3.04. The van der Waals surface area contributed by atoms with E-state index in [0.29, 0.717) is 0 Å². The Morgan fingerprint density at radius 1 is 0.958 bits per heavy atom. The molecule has 4 nitrogen and oxygen atoms in total. The molecule has 0 saturated carbocycles. The first-order valence-electron chi connectivity index (χ1n) is 8.17. The number of para-hydroxylation sites is 1. The van der Waals surface area contributed by atoms with E-state index in [9.17, 15) is 4.79 Å². The highest BCUT2D eigenvalue weighted by atomic mass is 32.1. The standard InChI is InChI=1S/C19H19N3OS/c1-14(23)15-6-8-16(9-7-15)21-10-12-22(13-11-21)19-20-17-4-2-3-5-18(17)24-19/h2-9H,10-13H2,1H3. The van der Waals surface area contributed by atoms with Crippen molar-refractivity contribution in [2.75, 3.05) is 36.0 Å². The van der Waals surface area contributed by atoms with Crippen molar-refractivity contribution in [1.82, 2.24) is 4.98 Å². The Balaban J connectivity index is 1.45. The molecule has 0 spiro atoms. The van der Waals surface area contributed by atoms with Gasteiger partial charge in [0, 0.05) is 37.4 Å². The molecule has 0 radical (unpaired) electrons.